The minimum Gasteiger partial charge on any atom is -0.366 e. The molecule has 2 aromatic rings. The van der Waals surface area contributed by atoms with Gasteiger partial charge in [0.05, 0.1) is 5.69 Å². The highest BCUT2D eigenvalue weighted by molar-refractivity contribution is 7.86. The Bertz CT molecular complexity index is 712. The van der Waals surface area contributed by atoms with Crippen LogP contribution in [-0.4, -0.2) is 19.5 Å². The molecule has 0 saturated carbocycles. The molecule has 0 unspecified atom stereocenters. The van der Waals surface area contributed by atoms with Gasteiger partial charge >= 0.3 is 0 Å². The molecule has 0 spiro atoms. The molecule has 0 radical (unpaired) electrons. The highest BCUT2D eigenvalue weighted by atomic mass is 32.2. The third kappa shape index (κ3) is 3.62. The van der Waals surface area contributed by atoms with E-state index in [1.54, 1.807) is 25.1 Å². The number of nitrogens with zero attached hydrogens (tertiary/aromatic N) is 1. The predicted molar refractivity (Wildman–Crippen MR) is 84.2 cm³/mol. The summed E-state index contributed by atoms with van der Waals surface area (Å²) >= 11 is 0. The van der Waals surface area contributed by atoms with Gasteiger partial charge in [-0.25, -0.2) is 0 Å². The monoisotopic (exact) mass is 305 g/mol. The van der Waals surface area contributed by atoms with Gasteiger partial charge in [0.2, 0.25) is 0 Å². The molecular formula is C16H19NO3S. The van der Waals surface area contributed by atoms with Crippen LogP contribution < -0.4 is 4.90 Å². The Morgan fingerprint density at radius 3 is 2.29 bits per heavy atom. The Balaban J connectivity index is 2.46. The first-order valence-corrected chi connectivity index (χ1v) is 8.23. The van der Waals surface area contributed by atoms with Gasteiger partial charge in [0.1, 0.15) is 4.90 Å². The zero-order chi connectivity index (χ0) is 15.5. The number of rotatable bonds is 5. The van der Waals surface area contributed by atoms with E-state index in [0.717, 1.165) is 5.56 Å². The van der Waals surface area contributed by atoms with Gasteiger partial charge in [-0.3, -0.25) is 4.55 Å². The van der Waals surface area contributed by atoms with Crippen molar-refractivity contribution >= 4 is 15.8 Å². The molecule has 0 saturated heterocycles. The fraction of sp³-hybridized carbons (Fsp3) is 0.250. The SMILES string of the molecule is CCN(Cc1ccccc1)c1cccc(C)c1S(=O)(=O)O. The summed E-state index contributed by atoms with van der Waals surface area (Å²) in [6.07, 6.45) is 0. The van der Waals surface area contributed by atoms with Crippen molar-refractivity contribution in [3.8, 4) is 0 Å². The van der Waals surface area contributed by atoms with Gasteiger partial charge in [0.15, 0.2) is 0 Å². The van der Waals surface area contributed by atoms with Crippen LogP contribution in [0.5, 0.6) is 0 Å². The van der Waals surface area contributed by atoms with Crippen molar-refractivity contribution in [1.29, 1.82) is 0 Å². The molecule has 0 aliphatic heterocycles. The summed E-state index contributed by atoms with van der Waals surface area (Å²) in [4.78, 5) is 1.92. The van der Waals surface area contributed by atoms with E-state index >= 15 is 0 Å². The third-order valence-electron chi connectivity index (χ3n) is 3.39. The minimum atomic E-state index is -4.25. The van der Waals surface area contributed by atoms with Crippen molar-refractivity contribution in [2.24, 2.45) is 0 Å². The topological polar surface area (TPSA) is 57.6 Å². The summed E-state index contributed by atoms with van der Waals surface area (Å²) in [5.41, 5.74) is 2.16. The second-order valence-corrected chi connectivity index (χ2v) is 6.26. The van der Waals surface area contributed by atoms with Crippen LogP contribution in [0.1, 0.15) is 18.1 Å². The molecule has 0 aliphatic rings. The summed E-state index contributed by atoms with van der Waals surface area (Å²) in [5, 5.41) is 0. The molecule has 5 heteroatoms. The van der Waals surface area contributed by atoms with E-state index in [4.69, 9.17) is 0 Å². The lowest BCUT2D eigenvalue weighted by Gasteiger charge is -2.25. The molecule has 0 fully saturated rings. The molecule has 21 heavy (non-hydrogen) atoms. The predicted octanol–water partition coefficient (Wildman–Crippen LogP) is 3.27. The summed E-state index contributed by atoms with van der Waals surface area (Å²) in [7, 11) is -4.25. The number of aryl methyl sites for hydroxylation is 1. The van der Waals surface area contributed by atoms with E-state index in [2.05, 4.69) is 0 Å². The molecule has 112 valence electrons. The van der Waals surface area contributed by atoms with Crippen LogP contribution in [0.4, 0.5) is 5.69 Å². The van der Waals surface area contributed by atoms with E-state index in [-0.39, 0.29) is 4.90 Å². The summed E-state index contributed by atoms with van der Waals surface area (Å²) in [6.45, 7) is 4.87. The summed E-state index contributed by atoms with van der Waals surface area (Å²) in [5.74, 6) is 0. The number of hydrogen-bond acceptors (Lipinski definition) is 3. The Labute approximate surface area is 125 Å². The molecule has 4 nitrogen and oxygen atoms in total. The van der Waals surface area contributed by atoms with E-state index in [1.807, 2.05) is 42.2 Å². The highest BCUT2D eigenvalue weighted by Gasteiger charge is 2.21. The molecule has 2 rings (SSSR count). The van der Waals surface area contributed by atoms with Crippen molar-refractivity contribution < 1.29 is 13.0 Å². The van der Waals surface area contributed by atoms with Crippen LogP contribution in [0.3, 0.4) is 0 Å². The Morgan fingerprint density at radius 1 is 1.05 bits per heavy atom. The van der Waals surface area contributed by atoms with Crippen molar-refractivity contribution in [3.05, 3.63) is 59.7 Å². The van der Waals surface area contributed by atoms with Crippen LogP contribution in [0, 0.1) is 6.92 Å². The molecule has 0 atom stereocenters. The van der Waals surface area contributed by atoms with Gasteiger partial charge in [-0.15, -0.1) is 0 Å². The first-order valence-electron chi connectivity index (χ1n) is 6.79. The van der Waals surface area contributed by atoms with Crippen LogP contribution in [0.25, 0.3) is 0 Å². The number of benzene rings is 2. The minimum absolute atomic E-state index is 0.0113. The molecule has 2 aromatic carbocycles. The lowest BCUT2D eigenvalue weighted by atomic mass is 10.1. The summed E-state index contributed by atoms with van der Waals surface area (Å²) in [6, 6.07) is 15.0. The molecule has 0 amide bonds. The van der Waals surface area contributed by atoms with E-state index in [9.17, 15) is 13.0 Å². The number of hydrogen-bond donors (Lipinski definition) is 1. The van der Waals surface area contributed by atoms with Gasteiger partial charge in [-0.1, -0.05) is 42.5 Å². The molecule has 0 heterocycles. The largest absolute Gasteiger partial charge is 0.366 e. The fourth-order valence-corrected chi connectivity index (χ4v) is 3.33. The first kappa shape index (κ1) is 15.5. The van der Waals surface area contributed by atoms with Gasteiger partial charge in [-0.2, -0.15) is 8.42 Å². The first-order chi connectivity index (χ1) is 9.93. The zero-order valence-corrected chi connectivity index (χ0v) is 13.0. The standard InChI is InChI=1S/C16H19NO3S/c1-3-17(12-14-9-5-4-6-10-14)15-11-7-8-13(2)16(15)21(18,19)20/h4-11H,3,12H2,1-2H3,(H,18,19,20). The van der Waals surface area contributed by atoms with Crippen molar-refractivity contribution in [3.63, 3.8) is 0 Å². The zero-order valence-electron chi connectivity index (χ0n) is 12.2. The Hall–Kier alpha value is -1.85. The van der Waals surface area contributed by atoms with Crippen LogP contribution in [-0.2, 0) is 16.7 Å². The van der Waals surface area contributed by atoms with Gasteiger partial charge in [-0.05, 0) is 31.0 Å². The third-order valence-corrected chi connectivity index (χ3v) is 4.43. The van der Waals surface area contributed by atoms with Crippen molar-refractivity contribution in [1.82, 2.24) is 0 Å². The van der Waals surface area contributed by atoms with Gasteiger partial charge < -0.3 is 4.90 Å². The molecule has 0 aliphatic carbocycles. The van der Waals surface area contributed by atoms with Crippen LogP contribution in [0.15, 0.2) is 53.4 Å². The molecule has 0 aromatic heterocycles. The highest BCUT2D eigenvalue weighted by Crippen LogP contribution is 2.29. The average molecular weight is 305 g/mol. The fourth-order valence-electron chi connectivity index (χ4n) is 2.39. The van der Waals surface area contributed by atoms with Gasteiger partial charge in [0.25, 0.3) is 10.1 Å². The Morgan fingerprint density at radius 2 is 1.71 bits per heavy atom. The lowest BCUT2D eigenvalue weighted by Crippen LogP contribution is -2.24. The number of anilines is 1. The van der Waals surface area contributed by atoms with Crippen LogP contribution in [0.2, 0.25) is 0 Å². The molecule has 1 N–H and O–H groups in total. The van der Waals surface area contributed by atoms with Gasteiger partial charge in [0, 0.05) is 13.1 Å². The van der Waals surface area contributed by atoms with Crippen molar-refractivity contribution in [2.75, 3.05) is 11.4 Å². The van der Waals surface area contributed by atoms with Crippen molar-refractivity contribution in [2.45, 2.75) is 25.3 Å². The lowest BCUT2D eigenvalue weighted by molar-refractivity contribution is 0.482. The van der Waals surface area contributed by atoms with E-state index < -0.39 is 10.1 Å². The second kappa shape index (κ2) is 6.28. The molecule has 0 bridgehead atoms. The summed E-state index contributed by atoms with van der Waals surface area (Å²) < 4.78 is 32.9. The Kier molecular flexibility index (Phi) is 4.65. The maximum absolute atomic E-state index is 11.7. The molecular weight excluding hydrogens is 286 g/mol. The smallest absolute Gasteiger partial charge is 0.296 e. The average Bonchev–Trinajstić information content (AvgIpc) is 2.44. The van der Waals surface area contributed by atoms with Crippen LogP contribution >= 0.6 is 0 Å². The quantitative estimate of drug-likeness (QED) is 0.861. The maximum atomic E-state index is 11.7. The van der Waals surface area contributed by atoms with E-state index in [0.29, 0.717) is 24.3 Å². The van der Waals surface area contributed by atoms with E-state index in [1.165, 1.54) is 0 Å². The second-order valence-electron chi connectivity index (χ2n) is 4.90. The normalized spacial score (nSPS) is 11.4. The maximum Gasteiger partial charge on any atom is 0.296 e.